The van der Waals surface area contributed by atoms with E-state index in [1.54, 1.807) is 38.5 Å². The minimum atomic E-state index is -5.15. The number of halogens is 3. The number of likely N-dealkylation sites (N-methyl/N-ethyl adjacent to an activating group) is 1. The molecule has 0 bridgehead atoms. The van der Waals surface area contributed by atoms with Crippen molar-refractivity contribution in [2.45, 2.75) is 75.7 Å². The number of rotatable bonds is 11. The summed E-state index contributed by atoms with van der Waals surface area (Å²) in [6, 6.07) is 5.15. The summed E-state index contributed by atoms with van der Waals surface area (Å²) in [4.78, 5) is 65.9. The Kier molecular flexibility index (Phi) is 12.2. The van der Waals surface area contributed by atoms with Gasteiger partial charge in [-0.2, -0.15) is 0 Å². The third-order valence-corrected chi connectivity index (χ3v) is 9.54. The second-order valence-corrected chi connectivity index (χ2v) is 13.0. The summed E-state index contributed by atoms with van der Waals surface area (Å²) in [7, 11) is 3.19. The predicted octanol–water partition coefficient (Wildman–Crippen LogP) is 0.596. The number of alkyl halides is 3. The average molecular weight is 649 g/mol. The molecular weight excluding hydrogens is 610 g/mol. The monoisotopic (exact) mass is 649 g/mol. The van der Waals surface area contributed by atoms with E-state index in [4.69, 9.17) is 0 Å². The summed E-state index contributed by atoms with van der Waals surface area (Å²) >= 11 is -0.533. The number of hydrogen-bond donors (Lipinski definition) is 3. The summed E-state index contributed by atoms with van der Waals surface area (Å²) < 4.78 is 38.8. The molecule has 1 aliphatic rings. The van der Waals surface area contributed by atoms with Crippen LogP contribution in [0.5, 0.6) is 0 Å². The van der Waals surface area contributed by atoms with Gasteiger partial charge in [-0.25, -0.2) is 0 Å². The molecule has 3 N–H and O–H groups in total. The van der Waals surface area contributed by atoms with Gasteiger partial charge in [0.05, 0.1) is 0 Å². The molecule has 1 heterocycles. The molecule has 0 unspecified atom stereocenters. The van der Waals surface area contributed by atoms with Crippen LogP contribution in [0.15, 0.2) is 30.3 Å². The quantitative estimate of drug-likeness (QED) is 0.303. The van der Waals surface area contributed by atoms with Crippen LogP contribution in [0.1, 0.15) is 40.5 Å². The van der Waals surface area contributed by atoms with Crippen LogP contribution in [0.3, 0.4) is 0 Å². The van der Waals surface area contributed by atoms with Crippen molar-refractivity contribution in [3.05, 3.63) is 30.3 Å². The summed E-state index contributed by atoms with van der Waals surface area (Å²) in [5, 5.41) is 6.99. The van der Waals surface area contributed by atoms with Crippen molar-refractivity contribution in [2.24, 2.45) is 5.92 Å². The molecule has 0 aliphatic carbocycles. The molecule has 41 heavy (non-hydrogen) atoms. The van der Waals surface area contributed by atoms with Crippen molar-refractivity contribution in [2.75, 3.05) is 20.6 Å². The Hall–Kier alpha value is -3.12. The van der Waals surface area contributed by atoms with Crippen molar-refractivity contribution >= 4 is 49.0 Å². The first-order valence-corrected chi connectivity index (χ1v) is 15.1. The molecule has 0 radical (unpaired) electrons. The molecule has 0 spiro atoms. The summed E-state index contributed by atoms with van der Waals surface area (Å²) in [6.07, 6.45) is -4.19. The van der Waals surface area contributed by atoms with E-state index < -0.39 is 67.8 Å². The molecule has 10 nitrogen and oxygen atoms in total. The van der Waals surface area contributed by atoms with Crippen LogP contribution in [0.2, 0.25) is 4.82 Å². The van der Waals surface area contributed by atoms with Crippen LogP contribution in [-0.2, 0) is 24.0 Å². The molecule has 228 valence electrons. The van der Waals surface area contributed by atoms with Gasteiger partial charge in [0, 0.05) is 0 Å². The number of benzene rings is 1. The third kappa shape index (κ3) is 9.46. The molecule has 5 atom stereocenters. The van der Waals surface area contributed by atoms with E-state index in [0.29, 0.717) is 19.4 Å². The maximum absolute atomic E-state index is 13.9. The molecule has 14 heteroatoms. The Morgan fingerprint density at radius 1 is 0.976 bits per heavy atom. The first kappa shape index (κ1) is 34.1. The van der Waals surface area contributed by atoms with Gasteiger partial charge in [-0.15, -0.1) is 0 Å². The van der Waals surface area contributed by atoms with Crippen LogP contribution in [0, 0.1) is 5.92 Å². The van der Waals surface area contributed by atoms with Crippen molar-refractivity contribution in [1.29, 1.82) is 0 Å². The number of carbonyl (C=O) groups excluding carboxylic acids is 5. The Morgan fingerprint density at radius 3 is 2.12 bits per heavy atom. The van der Waals surface area contributed by atoms with Gasteiger partial charge in [0.15, 0.2) is 0 Å². The first-order valence-electron chi connectivity index (χ1n) is 13.3. The Balaban J connectivity index is 2.26. The first-order chi connectivity index (χ1) is 19.0. The Morgan fingerprint density at radius 2 is 1.59 bits per heavy atom. The molecule has 5 amide bonds. The standard InChI is InChI=1S/C27H38F3N5O5Se/c1-15(2)20(24(38)34(5)6)33-23(37)19-13-10-14-35(19)25(39)21(41-18-11-8-7-9-12-18)16(3)31-22(36)17(4)32-26(40)27(28,29)30/h7-9,11-12,15-17,19-21H,10,13-14H2,1-6H3,(H,31,36)(H,32,40)(H,33,37)/t16-,17-,19-,20-,21-/m0/s1. The average Bonchev–Trinajstić information content (AvgIpc) is 3.39. The van der Waals surface area contributed by atoms with E-state index in [0.717, 1.165) is 11.4 Å². The number of hydrogen-bond acceptors (Lipinski definition) is 5. The van der Waals surface area contributed by atoms with Gasteiger partial charge < -0.3 is 0 Å². The fourth-order valence-electron chi connectivity index (χ4n) is 4.29. The molecule has 0 aromatic heterocycles. The number of nitrogens with zero attached hydrogens (tertiary/aromatic N) is 2. The van der Waals surface area contributed by atoms with E-state index >= 15 is 0 Å². The summed E-state index contributed by atoms with van der Waals surface area (Å²) in [5.41, 5.74) is 0. The van der Waals surface area contributed by atoms with Gasteiger partial charge in [-0.1, -0.05) is 0 Å². The molecule has 1 fully saturated rings. The zero-order valence-corrected chi connectivity index (χ0v) is 25.7. The van der Waals surface area contributed by atoms with E-state index in [1.807, 2.05) is 32.0 Å². The maximum atomic E-state index is 13.9. The van der Waals surface area contributed by atoms with E-state index in [1.165, 1.54) is 9.80 Å². The Bertz CT molecular complexity index is 1100. The van der Waals surface area contributed by atoms with Crippen LogP contribution in [-0.4, -0.2) is 105 Å². The molecule has 1 aromatic carbocycles. The number of nitrogens with one attached hydrogen (secondary N) is 3. The summed E-state index contributed by atoms with van der Waals surface area (Å²) in [6.45, 7) is 6.60. The number of carbonyl (C=O) groups is 5. The second-order valence-electron chi connectivity index (χ2n) is 10.5. The molecular formula is C27H38F3N5O5Se. The van der Waals surface area contributed by atoms with Crippen molar-refractivity contribution in [1.82, 2.24) is 25.8 Å². The van der Waals surface area contributed by atoms with Gasteiger partial charge in [0.2, 0.25) is 0 Å². The third-order valence-electron chi connectivity index (χ3n) is 6.58. The summed E-state index contributed by atoms with van der Waals surface area (Å²) in [5.74, 6) is -4.41. The predicted molar refractivity (Wildman–Crippen MR) is 147 cm³/mol. The molecule has 1 aromatic rings. The van der Waals surface area contributed by atoms with Crippen LogP contribution in [0.25, 0.3) is 0 Å². The van der Waals surface area contributed by atoms with Gasteiger partial charge >= 0.3 is 244 Å². The Labute approximate surface area is 244 Å². The zero-order chi connectivity index (χ0) is 31.1. The van der Waals surface area contributed by atoms with Crippen molar-refractivity contribution < 1.29 is 37.1 Å². The molecule has 1 saturated heterocycles. The van der Waals surface area contributed by atoms with Crippen LogP contribution in [0.4, 0.5) is 13.2 Å². The molecule has 2 rings (SSSR count). The molecule has 0 saturated carbocycles. The fourth-order valence-corrected chi connectivity index (χ4v) is 6.63. The number of likely N-dealkylation sites (tertiary alicyclic amines) is 1. The van der Waals surface area contributed by atoms with Crippen molar-refractivity contribution in [3.63, 3.8) is 0 Å². The minimum absolute atomic E-state index is 0.191. The van der Waals surface area contributed by atoms with Crippen LogP contribution >= 0.6 is 0 Å². The SMILES string of the molecule is CC(C)[C@H](NC(=O)[C@@H]1CCCN1C(=O)[C@@H]([Se]c1ccccc1)[C@H](C)NC(=O)[C@H](C)NC(=O)C(F)(F)F)C(=O)N(C)C. The van der Waals surface area contributed by atoms with Gasteiger partial charge in [0.25, 0.3) is 0 Å². The van der Waals surface area contributed by atoms with Crippen molar-refractivity contribution in [3.8, 4) is 0 Å². The van der Waals surface area contributed by atoms with Gasteiger partial charge in [0.1, 0.15) is 0 Å². The van der Waals surface area contributed by atoms with Crippen LogP contribution < -0.4 is 20.4 Å². The zero-order valence-electron chi connectivity index (χ0n) is 23.9. The second kappa shape index (κ2) is 14.7. The van der Waals surface area contributed by atoms with E-state index in [-0.39, 0.29) is 17.7 Å². The normalized spacial score (nSPS) is 18.2. The van der Waals surface area contributed by atoms with Gasteiger partial charge in [-0.3, -0.25) is 0 Å². The number of amides is 5. The fraction of sp³-hybridized carbons (Fsp3) is 0.593. The van der Waals surface area contributed by atoms with E-state index in [2.05, 4.69) is 10.6 Å². The van der Waals surface area contributed by atoms with E-state index in [9.17, 15) is 37.1 Å². The topological polar surface area (TPSA) is 128 Å². The molecule has 1 aliphatic heterocycles. The van der Waals surface area contributed by atoms with Gasteiger partial charge in [-0.05, 0) is 0 Å².